The maximum atomic E-state index is 4.77. The van der Waals surface area contributed by atoms with Crippen LogP contribution in [0, 0.1) is 13.8 Å². The summed E-state index contributed by atoms with van der Waals surface area (Å²) in [7, 11) is 0. The molecule has 0 saturated carbocycles. The van der Waals surface area contributed by atoms with Gasteiger partial charge >= 0.3 is 0 Å². The Bertz CT molecular complexity index is 540. The van der Waals surface area contributed by atoms with Gasteiger partial charge in [0.25, 0.3) is 0 Å². The standard InChI is InChI=1S/C17H24N2S/c1-5-6-18-14(4)16-11-20-17(19-16)10-15-8-12(2)7-13(3)9-15/h7-9,11,14,18H,5-6,10H2,1-4H3. The van der Waals surface area contributed by atoms with E-state index in [-0.39, 0.29) is 0 Å². The monoisotopic (exact) mass is 288 g/mol. The molecular formula is C17H24N2S. The van der Waals surface area contributed by atoms with Gasteiger partial charge in [-0.05, 0) is 39.3 Å². The molecule has 0 aliphatic heterocycles. The van der Waals surface area contributed by atoms with E-state index < -0.39 is 0 Å². The lowest BCUT2D eigenvalue weighted by Crippen LogP contribution is -2.19. The first-order valence-corrected chi connectivity index (χ1v) is 8.21. The third-order valence-corrected chi connectivity index (χ3v) is 4.22. The highest BCUT2D eigenvalue weighted by atomic mass is 32.1. The molecule has 1 unspecified atom stereocenters. The fraction of sp³-hybridized carbons (Fsp3) is 0.471. The fourth-order valence-corrected chi connectivity index (χ4v) is 3.34. The summed E-state index contributed by atoms with van der Waals surface area (Å²) in [5.74, 6) is 0. The Balaban J connectivity index is 2.05. The van der Waals surface area contributed by atoms with Crippen molar-refractivity contribution in [2.24, 2.45) is 0 Å². The number of thiazole rings is 1. The van der Waals surface area contributed by atoms with Crippen molar-refractivity contribution in [2.45, 2.75) is 46.6 Å². The summed E-state index contributed by atoms with van der Waals surface area (Å²) in [6.45, 7) is 9.73. The Kier molecular flexibility index (Phi) is 5.32. The van der Waals surface area contributed by atoms with Crippen LogP contribution in [0.5, 0.6) is 0 Å². The molecule has 2 aromatic rings. The van der Waals surface area contributed by atoms with Crippen LogP contribution in [-0.4, -0.2) is 11.5 Å². The van der Waals surface area contributed by atoms with Crippen LogP contribution in [0.4, 0.5) is 0 Å². The van der Waals surface area contributed by atoms with Crippen LogP contribution in [0.3, 0.4) is 0 Å². The molecule has 0 saturated heterocycles. The van der Waals surface area contributed by atoms with Gasteiger partial charge in [-0.2, -0.15) is 0 Å². The van der Waals surface area contributed by atoms with E-state index in [4.69, 9.17) is 4.98 Å². The summed E-state index contributed by atoms with van der Waals surface area (Å²) in [4.78, 5) is 4.77. The van der Waals surface area contributed by atoms with Gasteiger partial charge < -0.3 is 5.32 Å². The Morgan fingerprint density at radius 3 is 2.55 bits per heavy atom. The van der Waals surface area contributed by atoms with Crippen LogP contribution in [0.2, 0.25) is 0 Å². The number of aryl methyl sites for hydroxylation is 2. The van der Waals surface area contributed by atoms with Crippen molar-refractivity contribution >= 4 is 11.3 Å². The topological polar surface area (TPSA) is 24.9 Å². The predicted molar refractivity (Wildman–Crippen MR) is 87.5 cm³/mol. The van der Waals surface area contributed by atoms with Crippen molar-refractivity contribution in [1.29, 1.82) is 0 Å². The van der Waals surface area contributed by atoms with Gasteiger partial charge in [0, 0.05) is 17.8 Å². The molecule has 1 aromatic heterocycles. The highest BCUT2D eigenvalue weighted by Gasteiger charge is 2.09. The maximum absolute atomic E-state index is 4.77. The van der Waals surface area contributed by atoms with Crippen molar-refractivity contribution in [3.8, 4) is 0 Å². The van der Waals surface area contributed by atoms with Crippen molar-refractivity contribution in [2.75, 3.05) is 6.54 Å². The summed E-state index contributed by atoms with van der Waals surface area (Å²) in [6.07, 6.45) is 2.09. The maximum Gasteiger partial charge on any atom is 0.0972 e. The molecule has 1 atom stereocenters. The fourth-order valence-electron chi connectivity index (χ4n) is 2.42. The minimum absolute atomic E-state index is 0.346. The first-order chi connectivity index (χ1) is 9.58. The lowest BCUT2D eigenvalue weighted by Gasteiger charge is -2.09. The summed E-state index contributed by atoms with van der Waals surface area (Å²) < 4.78 is 0. The van der Waals surface area contributed by atoms with Crippen LogP contribution in [-0.2, 0) is 6.42 Å². The predicted octanol–water partition coefficient (Wildman–Crippen LogP) is 4.41. The lowest BCUT2D eigenvalue weighted by atomic mass is 10.1. The zero-order chi connectivity index (χ0) is 14.5. The Hall–Kier alpha value is -1.19. The van der Waals surface area contributed by atoms with Gasteiger partial charge in [-0.1, -0.05) is 36.2 Å². The van der Waals surface area contributed by atoms with E-state index >= 15 is 0 Å². The third-order valence-electron chi connectivity index (χ3n) is 3.35. The molecular weight excluding hydrogens is 264 g/mol. The van der Waals surface area contributed by atoms with Gasteiger partial charge in [-0.25, -0.2) is 4.98 Å². The average Bonchev–Trinajstić information content (AvgIpc) is 2.83. The normalized spacial score (nSPS) is 12.6. The highest BCUT2D eigenvalue weighted by Crippen LogP contribution is 2.20. The van der Waals surface area contributed by atoms with Crippen LogP contribution in [0.1, 0.15) is 53.7 Å². The summed E-state index contributed by atoms with van der Waals surface area (Å²) in [5, 5.41) is 6.88. The van der Waals surface area contributed by atoms with Crippen LogP contribution < -0.4 is 5.32 Å². The van der Waals surface area contributed by atoms with E-state index in [1.807, 2.05) is 0 Å². The number of benzene rings is 1. The quantitative estimate of drug-likeness (QED) is 0.851. The van der Waals surface area contributed by atoms with E-state index in [0.717, 1.165) is 19.4 Å². The SMILES string of the molecule is CCCNC(C)c1csc(Cc2cc(C)cc(C)c2)n1. The molecule has 0 fully saturated rings. The van der Waals surface area contributed by atoms with Crippen molar-refractivity contribution in [3.05, 3.63) is 51.0 Å². The molecule has 108 valence electrons. The van der Waals surface area contributed by atoms with Crippen LogP contribution in [0.15, 0.2) is 23.6 Å². The molecule has 0 spiro atoms. The second-order valence-electron chi connectivity index (χ2n) is 5.51. The zero-order valence-electron chi connectivity index (χ0n) is 12.9. The summed E-state index contributed by atoms with van der Waals surface area (Å²) in [5.41, 5.74) is 5.19. The molecule has 2 nitrogen and oxygen atoms in total. The van der Waals surface area contributed by atoms with E-state index in [1.54, 1.807) is 11.3 Å². The van der Waals surface area contributed by atoms with Gasteiger partial charge in [0.15, 0.2) is 0 Å². The Labute approximate surface area is 126 Å². The number of nitrogens with one attached hydrogen (secondary N) is 1. The number of rotatable bonds is 6. The smallest absolute Gasteiger partial charge is 0.0972 e. The van der Waals surface area contributed by atoms with Gasteiger partial charge in [-0.3, -0.25) is 0 Å². The van der Waals surface area contributed by atoms with Crippen molar-refractivity contribution < 1.29 is 0 Å². The number of nitrogens with zero attached hydrogens (tertiary/aromatic N) is 1. The third kappa shape index (κ3) is 4.15. The van der Waals surface area contributed by atoms with Gasteiger partial charge in [-0.15, -0.1) is 11.3 Å². The molecule has 2 rings (SSSR count). The van der Waals surface area contributed by atoms with Gasteiger partial charge in [0.1, 0.15) is 0 Å². The molecule has 0 amide bonds. The molecule has 1 heterocycles. The highest BCUT2D eigenvalue weighted by molar-refractivity contribution is 7.09. The van der Waals surface area contributed by atoms with E-state index in [9.17, 15) is 0 Å². The van der Waals surface area contributed by atoms with Crippen molar-refractivity contribution in [3.63, 3.8) is 0 Å². The molecule has 0 aliphatic carbocycles. The molecule has 3 heteroatoms. The summed E-state index contributed by atoms with van der Waals surface area (Å²) in [6, 6.07) is 7.08. The van der Waals surface area contributed by atoms with Crippen molar-refractivity contribution in [1.82, 2.24) is 10.3 Å². The Morgan fingerprint density at radius 1 is 1.20 bits per heavy atom. The van der Waals surface area contributed by atoms with E-state index in [0.29, 0.717) is 6.04 Å². The summed E-state index contributed by atoms with van der Waals surface area (Å²) >= 11 is 1.77. The first kappa shape index (κ1) is 15.2. The molecule has 0 aliphatic rings. The minimum Gasteiger partial charge on any atom is -0.309 e. The molecule has 20 heavy (non-hydrogen) atoms. The number of hydrogen-bond acceptors (Lipinski definition) is 3. The van der Waals surface area contributed by atoms with Gasteiger partial charge in [0.05, 0.1) is 10.7 Å². The lowest BCUT2D eigenvalue weighted by molar-refractivity contribution is 0.560. The van der Waals surface area contributed by atoms with Crippen LogP contribution in [0.25, 0.3) is 0 Å². The second-order valence-corrected chi connectivity index (χ2v) is 6.46. The zero-order valence-corrected chi connectivity index (χ0v) is 13.7. The molecule has 1 aromatic carbocycles. The van der Waals surface area contributed by atoms with Gasteiger partial charge in [0.2, 0.25) is 0 Å². The minimum atomic E-state index is 0.346. The average molecular weight is 288 g/mol. The van der Waals surface area contributed by atoms with Crippen LogP contribution >= 0.6 is 11.3 Å². The number of aromatic nitrogens is 1. The number of hydrogen-bond donors (Lipinski definition) is 1. The first-order valence-electron chi connectivity index (χ1n) is 7.33. The molecule has 0 radical (unpaired) electrons. The second kappa shape index (κ2) is 7.00. The largest absolute Gasteiger partial charge is 0.309 e. The van der Waals surface area contributed by atoms with E-state index in [1.165, 1.54) is 27.4 Å². The van der Waals surface area contributed by atoms with E-state index in [2.05, 4.69) is 56.6 Å². The molecule has 0 bridgehead atoms. The Morgan fingerprint density at radius 2 is 1.90 bits per heavy atom. The molecule has 1 N–H and O–H groups in total.